The molecule has 0 bridgehead atoms. The first-order chi connectivity index (χ1) is 32.7. The molecule has 0 atom stereocenters. The minimum Gasteiger partial charge on any atom is -0.311 e. The van der Waals surface area contributed by atoms with Crippen LogP contribution in [0, 0.1) is 0 Å². The monoisotopic (exact) mass is 842 g/mol. The van der Waals surface area contributed by atoms with Gasteiger partial charge in [-0.3, -0.25) is 0 Å². The van der Waals surface area contributed by atoms with Crippen molar-refractivity contribution < 1.29 is 0 Å². The highest BCUT2D eigenvalue weighted by molar-refractivity contribution is 5.94. The van der Waals surface area contributed by atoms with Gasteiger partial charge in [-0.1, -0.05) is 200 Å². The van der Waals surface area contributed by atoms with Crippen LogP contribution >= 0.6 is 0 Å². The fraction of sp³-hybridized carbons (Fsp3) is 0. The molecule has 2 heteroatoms. The molecule has 0 aromatic heterocycles. The van der Waals surface area contributed by atoms with Crippen molar-refractivity contribution >= 4 is 44.9 Å². The van der Waals surface area contributed by atoms with E-state index in [0.29, 0.717) is 0 Å². The van der Waals surface area contributed by atoms with E-state index in [2.05, 4.69) is 289 Å². The van der Waals surface area contributed by atoms with Gasteiger partial charge < -0.3 is 9.80 Å². The van der Waals surface area contributed by atoms with Crippen LogP contribution in [0.25, 0.3) is 66.4 Å². The molecule has 0 aliphatic heterocycles. The Labute approximate surface area is 387 Å². The van der Waals surface area contributed by atoms with Crippen LogP contribution in [-0.2, 0) is 0 Å². The van der Waals surface area contributed by atoms with Gasteiger partial charge in [0.05, 0.1) is 0 Å². The number of anilines is 6. The molecule has 0 spiro atoms. The largest absolute Gasteiger partial charge is 0.311 e. The van der Waals surface area contributed by atoms with E-state index in [9.17, 15) is 0 Å². The number of para-hydroxylation sites is 2. The van der Waals surface area contributed by atoms with Crippen molar-refractivity contribution in [2.24, 2.45) is 0 Å². The first-order valence-electron chi connectivity index (χ1n) is 22.6. The molecule has 0 unspecified atom stereocenters. The molecule has 0 N–H and O–H groups in total. The molecule has 11 aromatic carbocycles. The van der Waals surface area contributed by atoms with E-state index in [0.717, 1.165) is 39.7 Å². The van der Waals surface area contributed by atoms with Gasteiger partial charge in [0.15, 0.2) is 0 Å². The van der Waals surface area contributed by atoms with Gasteiger partial charge in [-0.05, 0) is 145 Å². The molecule has 0 aliphatic rings. The normalized spacial score (nSPS) is 11.0. The van der Waals surface area contributed by atoms with Crippen LogP contribution < -0.4 is 9.80 Å². The Balaban J connectivity index is 0.940. The van der Waals surface area contributed by atoms with Crippen molar-refractivity contribution in [1.82, 2.24) is 0 Å². The van der Waals surface area contributed by atoms with Crippen LogP contribution in [0.1, 0.15) is 0 Å². The van der Waals surface area contributed by atoms with Gasteiger partial charge in [0.25, 0.3) is 0 Å². The fourth-order valence-corrected chi connectivity index (χ4v) is 9.08. The molecule has 0 aliphatic carbocycles. The molecule has 11 aromatic rings. The summed E-state index contributed by atoms with van der Waals surface area (Å²) in [5, 5.41) is 2.45. The highest BCUT2D eigenvalue weighted by Crippen LogP contribution is 2.43. The lowest BCUT2D eigenvalue weighted by Crippen LogP contribution is -2.10. The van der Waals surface area contributed by atoms with E-state index in [1.165, 1.54) is 60.8 Å². The SMILES string of the molecule is c1ccc(-c2ccc(N(c3ccccc3)c3ccc(-c4ccc(-c5ccc(N(c6ccccc6)c6ccc(-c7ccccc7)cc6)cc5-c5ccc6ccccc6c5)cc4)cc3)cc2)cc1. The van der Waals surface area contributed by atoms with E-state index < -0.39 is 0 Å². The zero-order valence-electron chi connectivity index (χ0n) is 36.5. The van der Waals surface area contributed by atoms with Gasteiger partial charge in [0.2, 0.25) is 0 Å². The fourth-order valence-electron chi connectivity index (χ4n) is 9.08. The first kappa shape index (κ1) is 40.1. The smallest absolute Gasteiger partial charge is 0.0468 e. The maximum Gasteiger partial charge on any atom is 0.0468 e. The lowest BCUT2D eigenvalue weighted by Gasteiger charge is -2.27. The van der Waals surface area contributed by atoms with Crippen molar-refractivity contribution in [3.8, 4) is 55.6 Å². The quantitative estimate of drug-likeness (QED) is 0.128. The Morgan fingerprint density at radius 2 is 0.485 bits per heavy atom. The standard InChI is InChI=1S/C64H46N2/c1-5-15-47(16-6-1)51-31-37-59(38-32-51)65(57-21-9-3-10-22-57)60-39-35-53(36-40-60)50-25-28-54(29-26-50)63-44-43-62(46-64(63)56-30-27-49-19-13-14-20-55(49)45-56)66(58-23-11-4-12-24-58)61-41-33-52(34-42-61)48-17-7-2-8-18-48/h1-46H. The maximum atomic E-state index is 2.36. The van der Waals surface area contributed by atoms with Gasteiger partial charge >= 0.3 is 0 Å². The maximum absolute atomic E-state index is 2.36. The Bertz CT molecular complexity index is 3350. The second kappa shape index (κ2) is 18.2. The molecule has 11 rings (SSSR count). The summed E-state index contributed by atoms with van der Waals surface area (Å²) < 4.78 is 0. The lowest BCUT2D eigenvalue weighted by atomic mass is 9.91. The number of hydrogen-bond donors (Lipinski definition) is 0. The predicted molar refractivity (Wildman–Crippen MR) is 280 cm³/mol. The number of rotatable bonds is 11. The summed E-state index contributed by atoms with van der Waals surface area (Å²) in [6.45, 7) is 0. The molecule has 0 saturated heterocycles. The molecular weight excluding hydrogens is 797 g/mol. The Morgan fingerprint density at radius 1 is 0.167 bits per heavy atom. The lowest BCUT2D eigenvalue weighted by molar-refractivity contribution is 1.28. The Hall–Kier alpha value is -8.72. The van der Waals surface area contributed by atoms with Crippen LogP contribution in [0.2, 0.25) is 0 Å². The summed E-state index contributed by atoms with van der Waals surface area (Å²) in [7, 11) is 0. The summed E-state index contributed by atoms with van der Waals surface area (Å²) >= 11 is 0. The molecule has 312 valence electrons. The molecule has 0 saturated carbocycles. The van der Waals surface area contributed by atoms with E-state index in [1.54, 1.807) is 0 Å². The van der Waals surface area contributed by atoms with Gasteiger partial charge in [-0.2, -0.15) is 0 Å². The van der Waals surface area contributed by atoms with Crippen molar-refractivity contribution in [2.45, 2.75) is 0 Å². The average Bonchev–Trinajstić information content (AvgIpc) is 3.40. The third-order valence-corrected chi connectivity index (χ3v) is 12.5. The number of fused-ring (bicyclic) bond motifs is 1. The Kier molecular flexibility index (Phi) is 11.0. The van der Waals surface area contributed by atoms with Crippen LogP contribution in [0.15, 0.2) is 279 Å². The van der Waals surface area contributed by atoms with Crippen LogP contribution in [-0.4, -0.2) is 0 Å². The Morgan fingerprint density at radius 3 is 0.955 bits per heavy atom. The van der Waals surface area contributed by atoms with Crippen LogP contribution in [0.4, 0.5) is 34.1 Å². The minimum atomic E-state index is 1.09. The molecule has 0 amide bonds. The third kappa shape index (κ3) is 8.28. The highest BCUT2D eigenvalue weighted by atomic mass is 15.1. The zero-order valence-corrected chi connectivity index (χ0v) is 36.5. The summed E-state index contributed by atoms with van der Waals surface area (Å²) in [6.07, 6.45) is 0. The van der Waals surface area contributed by atoms with E-state index in [1.807, 2.05) is 0 Å². The average molecular weight is 843 g/mol. The van der Waals surface area contributed by atoms with E-state index >= 15 is 0 Å². The summed E-state index contributed by atoms with van der Waals surface area (Å²) in [4.78, 5) is 4.67. The number of nitrogens with zero attached hydrogens (tertiary/aromatic N) is 2. The molecule has 0 radical (unpaired) electrons. The molecule has 0 heterocycles. The van der Waals surface area contributed by atoms with Gasteiger partial charge in [-0.25, -0.2) is 0 Å². The summed E-state index contributed by atoms with van der Waals surface area (Å²) in [5.74, 6) is 0. The number of benzene rings is 11. The molecule has 66 heavy (non-hydrogen) atoms. The van der Waals surface area contributed by atoms with Crippen molar-refractivity contribution in [3.05, 3.63) is 279 Å². The predicted octanol–water partition coefficient (Wildman–Crippen LogP) is 18.1. The van der Waals surface area contributed by atoms with Crippen molar-refractivity contribution in [2.75, 3.05) is 9.80 Å². The van der Waals surface area contributed by atoms with Crippen molar-refractivity contribution in [1.29, 1.82) is 0 Å². The first-order valence-corrected chi connectivity index (χ1v) is 22.6. The van der Waals surface area contributed by atoms with E-state index in [4.69, 9.17) is 0 Å². The van der Waals surface area contributed by atoms with Gasteiger partial charge in [-0.15, -0.1) is 0 Å². The molecular formula is C64H46N2. The summed E-state index contributed by atoms with van der Waals surface area (Å²) in [5.41, 5.74) is 18.5. The van der Waals surface area contributed by atoms with Crippen LogP contribution in [0.3, 0.4) is 0 Å². The number of hydrogen-bond acceptors (Lipinski definition) is 2. The minimum absolute atomic E-state index is 1.09. The second-order valence-electron chi connectivity index (χ2n) is 16.6. The van der Waals surface area contributed by atoms with Gasteiger partial charge in [0, 0.05) is 34.1 Å². The summed E-state index contributed by atoms with van der Waals surface area (Å²) in [6, 6.07) is 100. The third-order valence-electron chi connectivity index (χ3n) is 12.5. The zero-order chi connectivity index (χ0) is 44.1. The second-order valence-corrected chi connectivity index (χ2v) is 16.6. The molecule has 0 fully saturated rings. The molecule has 2 nitrogen and oxygen atoms in total. The van der Waals surface area contributed by atoms with Gasteiger partial charge in [0.1, 0.15) is 0 Å². The van der Waals surface area contributed by atoms with Crippen LogP contribution in [0.5, 0.6) is 0 Å². The highest BCUT2D eigenvalue weighted by Gasteiger charge is 2.18. The van der Waals surface area contributed by atoms with Crippen molar-refractivity contribution in [3.63, 3.8) is 0 Å². The van der Waals surface area contributed by atoms with E-state index in [-0.39, 0.29) is 0 Å². The topological polar surface area (TPSA) is 6.48 Å².